The number of fused-ring (bicyclic) bond motifs is 1. The summed E-state index contributed by atoms with van der Waals surface area (Å²) in [7, 11) is 0. The minimum atomic E-state index is -0.510. The van der Waals surface area contributed by atoms with Crippen LogP contribution in [0.2, 0.25) is 0 Å². The van der Waals surface area contributed by atoms with Crippen LogP contribution in [0.1, 0.15) is 45.0 Å². The van der Waals surface area contributed by atoms with Crippen LogP contribution in [0, 0.1) is 5.41 Å². The van der Waals surface area contributed by atoms with Gasteiger partial charge in [-0.1, -0.05) is 44.2 Å². The molecule has 0 radical (unpaired) electrons. The molecule has 1 aromatic rings. The quantitative estimate of drug-likeness (QED) is 0.749. The molecule has 0 unspecified atom stereocenters. The Morgan fingerprint density at radius 2 is 1.89 bits per heavy atom. The molecule has 1 aromatic carbocycles. The number of carbonyl (C=O) groups is 2. The number of ether oxygens (including phenoxy) is 3. The molecule has 6 heteroatoms. The zero-order valence-electron chi connectivity index (χ0n) is 15.5. The standard InChI is InChI=1S/C21H23NO5/c1-21(2)10-14(8-15(23)11-21)22-16-9-17-18(26-19(16)24)12-25-20(27-17)13-6-4-3-5-7-13/h3-7,9,17-18,20H,8,10-12H2,1-2H3/t17-,18+,20+/m1/s1. The fourth-order valence-corrected chi connectivity index (χ4v) is 3.83. The lowest BCUT2D eigenvalue weighted by molar-refractivity contribution is -0.252. The number of hydrogen-bond donors (Lipinski definition) is 0. The lowest BCUT2D eigenvalue weighted by Gasteiger charge is -2.37. The second-order valence-electron chi connectivity index (χ2n) is 8.08. The van der Waals surface area contributed by atoms with Gasteiger partial charge in [0.15, 0.2) is 12.4 Å². The summed E-state index contributed by atoms with van der Waals surface area (Å²) >= 11 is 0. The maximum absolute atomic E-state index is 12.3. The first-order chi connectivity index (χ1) is 12.9. The van der Waals surface area contributed by atoms with Crippen LogP contribution in [0.15, 0.2) is 47.1 Å². The zero-order chi connectivity index (χ0) is 19.0. The third-order valence-corrected chi connectivity index (χ3v) is 4.96. The highest BCUT2D eigenvalue weighted by Gasteiger charge is 2.39. The number of benzene rings is 1. The Balaban J connectivity index is 1.55. The molecule has 0 bridgehead atoms. The Hall–Kier alpha value is -2.31. The van der Waals surface area contributed by atoms with Gasteiger partial charge < -0.3 is 14.2 Å². The zero-order valence-corrected chi connectivity index (χ0v) is 15.5. The van der Waals surface area contributed by atoms with E-state index in [9.17, 15) is 9.59 Å². The first kappa shape index (κ1) is 18.1. The number of Topliss-reactive ketones (excluding diaryl/α,β-unsaturated/α-hetero) is 1. The minimum Gasteiger partial charge on any atom is -0.452 e. The lowest BCUT2D eigenvalue weighted by Crippen LogP contribution is -2.45. The predicted octanol–water partition coefficient (Wildman–Crippen LogP) is 3.13. The fourth-order valence-electron chi connectivity index (χ4n) is 3.83. The van der Waals surface area contributed by atoms with Gasteiger partial charge >= 0.3 is 5.97 Å². The Labute approximate surface area is 158 Å². The molecule has 2 aliphatic heterocycles. The molecule has 0 aromatic heterocycles. The topological polar surface area (TPSA) is 74.2 Å². The van der Waals surface area contributed by atoms with Crippen LogP contribution >= 0.6 is 0 Å². The van der Waals surface area contributed by atoms with E-state index in [0.29, 0.717) is 19.3 Å². The Kier molecular flexibility index (Phi) is 4.70. The van der Waals surface area contributed by atoms with Gasteiger partial charge in [-0.15, -0.1) is 0 Å². The number of ketones is 1. The van der Waals surface area contributed by atoms with Crippen molar-refractivity contribution in [2.45, 2.75) is 51.6 Å². The summed E-state index contributed by atoms with van der Waals surface area (Å²) in [5.41, 5.74) is 1.72. The smallest absolute Gasteiger partial charge is 0.357 e. The van der Waals surface area contributed by atoms with Crippen molar-refractivity contribution in [3.8, 4) is 0 Å². The first-order valence-corrected chi connectivity index (χ1v) is 9.23. The van der Waals surface area contributed by atoms with Crippen LogP contribution in [0.4, 0.5) is 0 Å². The molecule has 2 heterocycles. The predicted molar refractivity (Wildman–Crippen MR) is 98.0 cm³/mol. The molecule has 27 heavy (non-hydrogen) atoms. The number of carbonyl (C=O) groups excluding carboxylic acids is 2. The molecule has 142 valence electrons. The van der Waals surface area contributed by atoms with Crippen LogP contribution in [0.5, 0.6) is 0 Å². The Bertz CT molecular complexity index is 811. The van der Waals surface area contributed by atoms with Crippen molar-refractivity contribution in [3.63, 3.8) is 0 Å². The molecule has 1 aliphatic carbocycles. The molecule has 2 fully saturated rings. The average Bonchev–Trinajstić information content (AvgIpc) is 2.61. The van der Waals surface area contributed by atoms with Crippen molar-refractivity contribution < 1.29 is 23.8 Å². The molecule has 3 atom stereocenters. The largest absolute Gasteiger partial charge is 0.452 e. The third kappa shape index (κ3) is 4.01. The summed E-state index contributed by atoms with van der Waals surface area (Å²) in [5.74, 6) is -0.343. The second kappa shape index (κ2) is 7.02. The fraction of sp³-hybridized carbons (Fsp3) is 0.476. The summed E-state index contributed by atoms with van der Waals surface area (Å²) in [6.45, 7) is 4.34. The van der Waals surface area contributed by atoms with Crippen LogP contribution < -0.4 is 0 Å². The van der Waals surface area contributed by atoms with Crippen molar-refractivity contribution >= 4 is 17.5 Å². The van der Waals surface area contributed by atoms with E-state index >= 15 is 0 Å². The lowest BCUT2D eigenvalue weighted by atomic mass is 9.76. The maximum Gasteiger partial charge on any atom is 0.357 e. The van der Waals surface area contributed by atoms with E-state index in [2.05, 4.69) is 4.99 Å². The highest BCUT2D eigenvalue weighted by atomic mass is 16.7. The summed E-state index contributed by atoms with van der Waals surface area (Å²) in [6, 6.07) is 9.63. The van der Waals surface area contributed by atoms with E-state index in [1.54, 1.807) is 6.08 Å². The maximum atomic E-state index is 12.3. The van der Waals surface area contributed by atoms with Crippen LogP contribution in [0.25, 0.3) is 0 Å². The number of hydrogen-bond acceptors (Lipinski definition) is 6. The monoisotopic (exact) mass is 369 g/mol. The number of esters is 1. The van der Waals surface area contributed by atoms with Gasteiger partial charge in [-0.3, -0.25) is 4.79 Å². The molecule has 0 amide bonds. The van der Waals surface area contributed by atoms with Gasteiger partial charge in [0, 0.05) is 24.1 Å². The molecular weight excluding hydrogens is 346 g/mol. The van der Waals surface area contributed by atoms with Crippen LogP contribution in [-0.2, 0) is 23.8 Å². The SMILES string of the molecule is CC1(C)CC(=O)CC(=NC2=C[C@H]3O[C@@H](c4ccccc4)OC[C@@H]3OC2=O)C1. The van der Waals surface area contributed by atoms with Crippen LogP contribution in [-0.4, -0.2) is 36.3 Å². The Morgan fingerprint density at radius 1 is 1.11 bits per heavy atom. The molecule has 1 saturated carbocycles. The van der Waals surface area contributed by atoms with Gasteiger partial charge in [-0.25, -0.2) is 9.79 Å². The van der Waals surface area contributed by atoms with Crippen molar-refractivity contribution in [3.05, 3.63) is 47.7 Å². The molecule has 1 saturated heterocycles. The van der Waals surface area contributed by atoms with Gasteiger partial charge in [0.1, 0.15) is 17.6 Å². The third-order valence-electron chi connectivity index (χ3n) is 4.96. The van der Waals surface area contributed by atoms with Gasteiger partial charge in [-0.2, -0.15) is 0 Å². The summed E-state index contributed by atoms with van der Waals surface area (Å²) in [4.78, 5) is 28.8. The number of aliphatic imine (C=N–C) groups is 1. The van der Waals surface area contributed by atoms with Crippen molar-refractivity contribution in [2.24, 2.45) is 10.4 Å². The van der Waals surface area contributed by atoms with Crippen LogP contribution in [0.3, 0.4) is 0 Å². The Morgan fingerprint density at radius 3 is 2.63 bits per heavy atom. The molecular formula is C21H23NO5. The van der Waals surface area contributed by atoms with E-state index in [1.807, 2.05) is 44.2 Å². The normalized spacial score (nSPS) is 31.9. The second-order valence-corrected chi connectivity index (χ2v) is 8.08. The van der Waals surface area contributed by atoms with E-state index < -0.39 is 24.5 Å². The molecule has 4 rings (SSSR count). The average molecular weight is 369 g/mol. The highest BCUT2D eigenvalue weighted by Crippen LogP contribution is 2.34. The van der Waals surface area contributed by atoms with Gasteiger partial charge in [0.2, 0.25) is 0 Å². The van der Waals surface area contributed by atoms with Crippen molar-refractivity contribution in [1.82, 2.24) is 0 Å². The molecule has 3 aliphatic rings. The highest BCUT2D eigenvalue weighted by molar-refractivity contribution is 6.06. The summed E-state index contributed by atoms with van der Waals surface area (Å²) < 4.78 is 17.2. The van der Waals surface area contributed by atoms with E-state index in [-0.39, 0.29) is 23.5 Å². The molecule has 0 spiro atoms. The minimum absolute atomic E-state index is 0.135. The van der Waals surface area contributed by atoms with E-state index in [0.717, 1.165) is 11.3 Å². The van der Waals surface area contributed by atoms with E-state index in [1.165, 1.54) is 0 Å². The van der Waals surface area contributed by atoms with Gasteiger partial charge in [0.25, 0.3) is 0 Å². The van der Waals surface area contributed by atoms with Gasteiger partial charge in [0.05, 0.1) is 6.61 Å². The summed E-state index contributed by atoms with van der Waals surface area (Å²) in [6.07, 6.45) is 1.81. The van der Waals surface area contributed by atoms with Gasteiger partial charge in [-0.05, 0) is 17.9 Å². The van der Waals surface area contributed by atoms with E-state index in [4.69, 9.17) is 14.2 Å². The van der Waals surface area contributed by atoms with Crippen molar-refractivity contribution in [1.29, 1.82) is 0 Å². The molecule has 6 nitrogen and oxygen atoms in total. The summed E-state index contributed by atoms with van der Waals surface area (Å²) in [5, 5.41) is 0. The van der Waals surface area contributed by atoms with Crippen molar-refractivity contribution in [2.75, 3.05) is 6.61 Å². The number of rotatable bonds is 2. The first-order valence-electron chi connectivity index (χ1n) is 9.23. The number of nitrogens with zero attached hydrogens (tertiary/aromatic N) is 1. The molecule has 0 N–H and O–H groups in total.